The second-order valence-electron chi connectivity index (χ2n) is 6.00. The minimum atomic E-state index is -0.157. The van der Waals surface area contributed by atoms with Crippen molar-refractivity contribution in [2.45, 2.75) is 19.3 Å². The van der Waals surface area contributed by atoms with E-state index in [9.17, 15) is 9.59 Å². The summed E-state index contributed by atoms with van der Waals surface area (Å²) < 4.78 is 0. The Kier molecular flexibility index (Phi) is 4.42. The van der Waals surface area contributed by atoms with Crippen LogP contribution in [0.25, 0.3) is 0 Å². The van der Waals surface area contributed by atoms with Gasteiger partial charge in [0.05, 0.1) is 6.54 Å². The molecule has 1 atom stereocenters. The third-order valence-electron chi connectivity index (χ3n) is 4.16. The Morgan fingerprint density at radius 1 is 1.13 bits per heavy atom. The molecule has 0 aromatic heterocycles. The molecule has 4 nitrogen and oxygen atoms in total. The van der Waals surface area contributed by atoms with Crippen LogP contribution in [0.15, 0.2) is 54.6 Å². The summed E-state index contributed by atoms with van der Waals surface area (Å²) in [5, 5.41) is 2.84. The molecule has 2 amide bonds. The summed E-state index contributed by atoms with van der Waals surface area (Å²) in [5.41, 5.74) is 3.05. The summed E-state index contributed by atoms with van der Waals surface area (Å²) in [4.78, 5) is 25.9. The summed E-state index contributed by atoms with van der Waals surface area (Å²) in [6, 6.07) is 17.6. The molecule has 0 radical (unpaired) electrons. The van der Waals surface area contributed by atoms with E-state index >= 15 is 0 Å². The van der Waals surface area contributed by atoms with Gasteiger partial charge in [0, 0.05) is 24.6 Å². The summed E-state index contributed by atoms with van der Waals surface area (Å²) in [7, 11) is 0. The van der Waals surface area contributed by atoms with Gasteiger partial charge in [0.15, 0.2) is 0 Å². The normalized spacial score (nSPS) is 17.3. The third-order valence-corrected chi connectivity index (χ3v) is 4.16. The molecule has 0 aliphatic carbocycles. The summed E-state index contributed by atoms with van der Waals surface area (Å²) in [5.74, 6) is 0.0599. The van der Waals surface area contributed by atoms with Crippen molar-refractivity contribution in [3.8, 4) is 0 Å². The van der Waals surface area contributed by atoms with E-state index in [1.54, 1.807) is 4.90 Å². The highest BCUT2D eigenvalue weighted by molar-refractivity contribution is 5.95. The smallest absolute Gasteiger partial charge is 0.243 e. The number of carbonyl (C=O) groups is 2. The fourth-order valence-electron chi connectivity index (χ4n) is 2.88. The zero-order valence-electron chi connectivity index (χ0n) is 13.2. The van der Waals surface area contributed by atoms with Crippen LogP contribution in [0.4, 0.5) is 5.69 Å². The predicted octanol–water partition coefficient (Wildman–Crippen LogP) is 2.95. The number of hydrogen-bond acceptors (Lipinski definition) is 2. The topological polar surface area (TPSA) is 49.4 Å². The number of nitrogens with zero attached hydrogens (tertiary/aromatic N) is 1. The maximum Gasteiger partial charge on any atom is 0.243 e. The van der Waals surface area contributed by atoms with Crippen LogP contribution in [-0.4, -0.2) is 29.8 Å². The molecule has 2 aromatic carbocycles. The molecular weight excluding hydrogens is 288 g/mol. The van der Waals surface area contributed by atoms with Crippen molar-refractivity contribution < 1.29 is 9.59 Å². The molecule has 1 aliphatic rings. The monoisotopic (exact) mass is 308 g/mol. The molecule has 3 rings (SSSR count). The minimum Gasteiger partial charge on any atom is -0.333 e. The lowest BCUT2D eigenvalue weighted by molar-refractivity contribution is -0.131. The van der Waals surface area contributed by atoms with E-state index < -0.39 is 0 Å². The van der Waals surface area contributed by atoms with Gasteiger partial charge in [-0.05, 0) is 24.6 Å². The first-order chi connectivity index (χ1) is 11.1. The molecule has 1 aliphatic heterocycles. The van der Waals surface area contributed by atoms with E-state index in [1.165, 1.54) is 0 Å². The van der Waals surface area contributed by atoms with E-state index in [-0.39, 0.29) is 24.3 Å². The number of benzene rings is 2. The zero-order valence-corrected chi connectivity index (χ0v) is 13.2. The lowest BCUT2D eigenvalue weighted by atomic mass is 9.99. The Morgan fingerprint density at radius 2 is 1.83 bits per heavy atom. The van der Waals surface area contributed by atoms with Crippen LogP contribution in [0.2, 0.25) is 0 Å². The zero-order chi connectivity index (χ0) is 16.2. The van der Waals surface area contributed by atoms with Gasteiger partial charge in [0.1, 0.15) is 0 Å². The molecule has 2 aromatic rings. The van der Waals surface area contributed by atoms with E-state index in [4.69, 9.17) is 0 Å². The third kappa shape index (κ3) is 3.77. The summed E-state index contributed by atoms with van der Waals surface area (Å²) in [6.45, 7) is 2.71. The van der Waals surface area contributed by atoms with Crippen molar-refractivity contribution in [2.75, 3.05) is 18.4 Å². The molecule has 0 saturated carbocycles. The first kappa shape index (κ1) is 15.3. The van der Waals surface area contributed by atoms with Gasteiger partial charge in [0.25, 0.3) is 0 Å². The number of hydrogen-bond donors (Lipinski definition) is 1. The first-order valence-corrected chi connectivity index (χ1v) is 7.81. The standard InChI is InChI=1S/C19H20N2O2/c1-14-7-9-17(10-8-14)20-18(22)13-21-12-16(11-19(21)23)15-5-3-2-4-6-15/h2-10,16H,11-13H2,1H3,(H,20,22). The second kappa shape index (κ2) is 6.65. The Labute approximate surface area is 136 Å². The van der Waals surface area contributed by atoms with Crippen LogP contribution in [0.3, 0.4) is 0 Å². The van der Waals surface area contributed by atoms with Crippen LogP contribution < -0.4 is 5.32 Å². The number of nitrogens with one attached hydrogen (secondary N) is 1. The molecule has 4 heteroatoms. The van der Waals surface area contributed by atoms with Gasteiger partial charge in [-0.2, -0.15) is 0 Å². The number of likely N-dealkylation sites (tertiary alicyclic amines) is 1. The van der Waals surface area contributed by atoms with Crippen molar-refractivity contribution in [1.82, 2.24) is 4.90 Å². The fraction of sp³-hybridized carbons (Fsp3) is 0.263. The van der Waals surface area contributed by atoms with Crippen molar-refractivity contribution in [1.29, 1.82) is 0 Å². The molecular formula is C19H20N2O2. The molecule has 1 saturated heterocycles. The first-order valence-electron chi connectivity index (χ1n) is 7.81. The van der Waals surface area contributed by atoms with Crippen molar-refractivity contribution in [3.63, 3.8) is 0 Å². The molecule has 1 N–H and O–H groups in total. The molecule has 23 heavy (non-hydrogen) atoms. The van der Waals surface area contributed by atoms with Gasteiger partial charge >= 0.3 is 0 Å². The number of rotatable bonds is 4. The Bertz CT molecular complexity index is 695. The molecule has 1 heterocycles. The lowest BCUT2D eigenvalue weighted by Crippen LogP contribution is -2.34. The van der Waals surface area contributed by atoms with Gasteiger partial charge in [-0.25, -0.2) is 0 Å². The molecule has 1 fully saturated rings. The van der Waals surface area contributed by atoms with Gasteiger partial charge in [-0.15, -0.1) is 0 Å². The molecule has 0 spiro atoms. The second-order valence-corrected chi connectivity index (χ2v) is 6.00. The highest BCUT2D eigenvalue weighted by Gasteiger charge is 2.31. The van der Waals surface area contributed by atoms with Crippen molar-refractivity contribution in [2.24, 2.45) is 0 Å². The van der Waals surface area contributed by atoms with Gasteiger partial charge in [-0.1, -0.05) is 48.0 Å². The highest BCUT2D eigenvalue weighted by Crippen LogP contribution is 2.27. The average molecular weight is 308 g/mol. The summed E-state index contributed by atoms with van der Waals surface area (Å²) >= 11 is 0. The predicted molar refractivity (Wildman–Crippen MR) is 90.2 cm³/mol. The number of anilines is 1. The molecule has 0 bridgehead atoms. The Hall–Kier alpha value is -2.62. The number of carbonyl (C=O) groups excluding carboxylic acids is 2. The van der Waals surface area contributed by atoms with Crippen LogP contribution in [0.5, 0.6) is 0 Å². The minimum absolute atomic E-state index is 0.0397. The number of aryl methyl sites for hydroxylation is 1. The van der Waals surface area contributed by atoms with E-state index in [0.29, 0.717) is 13.0 Å². The average Bonchev–Trinajstić information content (AvgIpc) is 2.91. The highest BCUT2D eigenvalue weighted by atomic mass is 16.2. The molecule has 118 valence electrons. The molecule has 1 unspecified atom stereocenters. The van der Waals surface area contributed by atoms with Gasteiger partial charge in [-0.3, -0.25) is 9.59 Å². The Balaban J connectivity index is 1.58. The van der Waals surface area contributed by atoms with Crippen LogP contribution in [-0.2, 0) is 9.59 Å². The van der Waals surface area contributed by atoms with E-state index in [2.05, 4.69) is 5.32 Å². The fourth-order valence-corrected chi connectivity index (χ4v) is 2.88. The SMILES string of the molecule is Cc1ccc(NC(=O)CN2CC(c3ccccc3)CC2=O)cc1. The van der Waals surface area contributed by atoms with Crippen LogP contribution >= 0.6 is 0 Å². The maximum absolute atomic E-state index is 12.1. The van der Waals surface area contributed by atoms with Crippen LogP contribution in [0, 0.1) is 6.92 Å². The lowest BCUT2D eigenvalue weighted by Gasteiger charge is -2.16. The largest absolute Gasteiger partial charge is 0.333 e. The van der Waals surface area contributed by atoms with E-state index in [0.717, 1.165) is 16.8 Å². The number of amides is 2. The van der Waals surface area contributed by atoms with E-state index in [1.807, 2.05) is 61.5 Å². The van der Waals surface area contributed by atoms with Crippen molar-refractivity contribution in [3.05, 3.63) is 65.7 Å². The summed E-state index contributed by atoms with van der Waals surface area (Å²) in [6.07, 6.45) is 0.474. The van der Waals surface area contributed by atoms with Gasteiger partial charge < -0.3 is 10.2 Å². The quantitative estimate of drug-likeness (QED) is 0.944. The van der Waals surface area contributed by atoms with Gasteiger partial charge in [0.2, 0.25) is 11.8 Å². The van der Waals surface area contributed by atoms with Crippen LogP contribution in [0.1, 0.15) is 23.5 Å². The maximum atomic E-state index is 12.1. The van der Waals surface area contributed by atoms with Crippen molar-refractivity contribution >= 4 is 17.5 Å². The Morgan fingerprint density at radius 3 is 2.52 bits per heavy atom.